The van der Waals surface area contributed by atoms with E-state index in [0.29, 0.717) is 21.1 Å². The van der Waals surface area contributed by atoms with Crippen molar-refractivity contribution in [3.63, 3.8) is 0 Å². The quantitative estimate of drug-likeness (QED) is 0.548. The molecule has 0 aliphatic heterocycles. The van der Waals surface area contributed by atoms with Gasteiger partial charge in [-0.15, -0.1) is 0 Å². The molecule has 1 amide bonds. The highest BCUT2D eigenvalue weighted by atomic mass is 79.9. The SMILES string of the molecule is O=C(N[C@H](Cc1cc2oc(=O)[nH]c2cc1Br)C(=O)O)OCc1ccccc1. The number of carbonyl (C=O) groups excluding carboxylic acids is 1. The molecule has 1 heterocycles. The first-order valence-corrected chi connectivity index (χ1v) is 8.73. The Morgan fingerprint density at radius 3 is 2.70 bits per heavy atom. The van der Waals surface area contributed by atoms with Gasteiger partial charge < -0.3 is 19.6 Å². The van der Waals surface area contributed by atoms with Crippen molar-refractivity contribution in [2.24, 2.45) is 0 Å². The molecule has 8 nitrogen and oxygen atoms in total. The number of alkyl carbamates (subject to hydrolysis) is 1. The van der Waals surface area contributed by atoms with E-state index >= 15 is 0 Å². The molecule has 0 unspecified atom stereocenters. The van der Waals surface area contributed by atoms with Crippen molar-refractivity contribution in [1.29, 1.82) is 0 Å². The molecule has 2 aromatic carbocycles. The molecule has 140 valence electrons. The maximum atomic E-state index is 11.9. The van der Waals surface area contributed by atoms with Crippen LogP contribution in [0.4, 0.5) is 4.79 Å². The number of aromatic nitrogens is 1. The van der Waals surface area contributed by atoms with Crippen LogP contribution in [0.15, 0.2) is 56.1 Å². The maximum Gasteiger partial charge on any atom is 0.417 e. The monoisotopic (exact) mass is 434 g/mol. The number of nitrogens with one attached hydrogen (secondary N) is 2. The predicted molar refractivity (Wildman–Crippen MR) is 99.4 cm³/mol. The maximum absolute atomic E-state index is 11.9. The van der Waals surface area contributed by atoms with Gasteiger partial charge in [0.25, 0.3) is 0 Å². The van der Waals surface area contributed by atoms with Crippen LogP contribution in [0.1, 0.15) is 11.1 Å². The molecular formula is C18H15BrN2O6. The largest absolute Gasteiger partial charge is 0.480 e. The molecule has 0 spiro atoms. The summed E-state index contributed by atoms with van der Waals surface area (Å²) < 4.78 is 10.6. The Hall–Kier alpha value is -3.07. The molecule has 27 heavy (non-hydrogen) atoms. The van der Waals surface area contributed by atoms with E-state index in [9.17, 15) is 19.5 Å². The van der Waals surface area contributed by atoms with Gasteiger partial charge in [0.1, 0.15) is 12.6 Å². The van der Waals surface area contributed by atoms with Gasteiger partial charge in [-0.2, -0.15) is 0 Å². The fraction of sp³-hybridized carbons (Fsp3) is 0.167. The van der Waals surface area contributed by atoms with E-state index in [4.69, 9.17) is 9.15 Å². The van der Waals surface area contributed by atoms with E-state index in [1.807, 2.05) is 18.2 Å². The van der Waals surface area contributed by atoms with Gasteiger partial charge in [0, 0.05) is 10.9 Å². The highest BCUT2D eigenvalue weighted by Gasteiger charge is 2.23. The van der Waals surface area contributed by atoms with E-state index in [-0.39, 0.29) is 13.0 Å². The Bertz CT molecular complexity index is 1030. The van der Waals surface area contributed by atoms with Gasteiger partial charge in [-0.1, -0.05) is 46.3 Å². The predicted octanol–water partition coefficient (Wildman–Crippen LogP) is 2.81. The first-order chi connectivity index (χ1) is 12.9. The van der Waals surface area contributed by atoms with Gasteiger partial charge in [0.2, 0.25) is 0 Å². The number of carbonyl (C=O) groups is 2. The van der Waals surface area contributed by atoms with Crippen LogP contribution in [0.25, 0.3) is 11.1 Å². The molecule has 0 aliphatic rings. The molecular weight excluding hydrogens is 420 g/mol. The van der Waals surface area contributed by atoms with Crippen molar-refractivity contribution in [1.82, 2.24) is 10.3 Å². The number of H-pyrrole nitrogens is 1. The number of fused-ring (bicyclic) bond motifs is 1. The second-order valence-corrected chi connectivity index (χ2v) is 6.61. The Morgan fingerprint density at radius 2 is 2.00 bits per heavy atom. The number of hydrogen-bond acceptors (Lipinski definition) is 5. The third-order valence-electron chi connectivity index (χ3n) is 3.81. The average Bonchev–Trinajstić information content (AvgIpc) is 2.99. The number of carboxylic acids is 1. The minimum atomic E-state index is -1.22. The lowest BCUT2D eigenvalue weighted by molar-refractivity contribution is -0.139. The second kappa shape index (κ2) is 8.09. The third-order valence-corrected chi connectivity index (χ3v) is 4.55. The van der Waals surface area contributed by atoms with Gasteiger partial charge in [-0.05, 0) is 23.3 Å². The van der Waals surface area contributed by atoms with Gasteiger partial charge >= 0.3 is 17.8 Å². The van der Waals surface area contributed by atoms with Crippen LogP contribution in [-0.4, -0.2) is 28.2 Å². The number of benzene rings is 2. The lowest BCUT2D eigenvalue weighted by Gasteiger charge is -2.15. The third kappa shape index (κ3) is 4.76. The summed E-state index contributed by atoms with van der Waals surface area (Å²) in [7, 11) is 0. The highest BCUT2D eigenvalue weighted by molar-refractivity contribution is 9.10. The molecule has 0 saturated heterocycles. The van der Waals surface area contributed by atoms with E-state index in [0.717, 1.165) is 5.56 Å². The molecule has 0 radical (unpaired) electrons. The van der Waals surface area contributed by atoms with E-state index < -0.39 is 23.9 Å². The van der Waals surface area contributed by atoms with Crippen molar-refractivity contribution < 1.29 is 23.8 Å². The number of ether oxygens (including phenoxy) is 1. The molecule has 3 rings (SSSR count). The standard InChI is InChI=1S/C18H15BrN2O6/c19-12-8-13-15(27-18(25)20-13)7-11(12)6-14(16(22)23)21-17(24)26-9-10-4-2-1-3-5-10/h1-5,7-8,14H,6,9H2,(H,20,25)(H,21,24)(H,22,23)/t14-/m1/s1. The summed E-state index contributed by atoms with van der Waals surface area (Å²) in [6.07, 6.45) is -0.863. The van der Waals surface area contributed by atoms with Crippen molar-refractivity contribution in [3.8, 4) is 0 Å². The zero-order chi connectivity index (χ0) is 19.4. The average molecular weight is 435 g/mol. The number of rotatable bonds is 6. The Balaban J connectivity index is 1.68. The van der Waals surface area contributed by atoms with Gasteiger partial charge in [0.15, 0.2) is 5.58 Å². The summed E-state index contributed by atoms with van der Waals surface area (Å²) in [4.78, 5) is 37.3. The van der Waals surface area contributed by atoms with Gasteiger partial charge in [0.05, 0.1) is 5.52 Å². The zero-order valence-corrected chi connectivity index (χ0v) is 15.5. The summed E-state index contributed by atoms with van der Waals surface area (Å²) in [6, 6.07) is 11.0. The van der Waals surface area contributed by atoms with E-state index in [1.165, 1.54) is 0 Å². The molecule has 1 atom stereocenters. The summed E-state index contributed by atoms with van der Waals surface area (Å²) >= 11 is 3.33. The lowest BCUT2D eigenvalue weighted by Crippen LogP contribution is -2.42. The van der Waals surface area contributed by atoms with Crippen LogP contribution in [0.2, 0.25) is 0 Å². The fourth-order valence-corrected chi connectivity index (χ4v) is 3.00. The van der Waals surface area contributed by atoms with Crippen LogP contribution >= 0.6 is 15.9 Å². The normalized spacial score (nSPS) is 11.9. The number of halogens is 1. The zero-order valence-electron chi connectivity index (χ0n) is 13.9. The van der Waals surface area contributed by atoms with Crippen LogP contribution < -0.4 is 11.1 Å². The molecule has 0 aliphatic carbocycles. The molecule has 0 saturated carbocycles. The number of carboxylic acid groups (broad SMARTS) is 1. The van der Waals surface area contributed by atoms with Crippen molar-refractivity contribution in [3.05, 3.63) is 68.6 Å². The smallest absolute Gasteiger partial charge is 0.417 e. The van der Waals surface area contributed by atoms with Gasteiger partial charge in [-0.3, -0.25) is 4.98 Å². The molecule has 9 heteroatoms. The minimum Gasteiger partial charge on any atom is -0.480 e. The number of oxazole rings is 1. The van der Waals surface area contributed by atoms with Crippen LogP contribution in [-0.2, 0) is 22.6 Å². The summed E-state index contributed by atoms with van der Waals surface area (Å²) in [6.45, 7) is 0.0309. The molecule has 3 N–H and O–H groups in total. The first-order valence-electron chi connectivity index (χ1n) is 7.93. The first kappa shape index (κ1) is 18.7. The summed E-state index contributed by atoms with van der Waals surface area (Å²) in [5, 5.41) is 11.7. The number of aliphatic carboxylic acids is 1. The molecule has 3 aromatic rings. The van der Waals surface area contributed by atoms with Crippen LogP contribution in [0.3, 0.4) is 0 Å². The van der Waals surface area contributed by atoms with Crippen molar-refractivity contribution >= 4 is 39.1 Å². The summed E-state index contributed by atoms with van der Waals surface area (Å²) in [5.74, 6) is -1.82. The molecule has 0 fully saturated rings. The molecule has 1 aromatic heterocycles. The van der Waals surface area contributed by atoms with E-state index in [1.54, 1.807) is 24.3 Å². The Morgan fingerprint density at radius 1 is 1.26 bits per heavy atom. The summed E-state index contributed by atoms with van der Waals surface area (Å²) in [5.41, 5.74) is 2.13. The van der Waals surface area contributed by atoms with E-state index in [2.05, 4.69) is 26.2 Å². The van der Waals surface area contributed by atoms with Crippen LogP contribution in [0, 0.1) is 0 Å². The number of amides is 1. The fourth-order valence-electron chi connectivity index (χ4n) is 2.50. The lowest BCUT2D eigenvalue weighted by atomic mass is 10.1. The number of hydrogen-bond donors (Lipinski definition) is 3. The minimum absolute atomic E-state index is 0.0266. The highest BCUT2D eigenvalue weighted by Crippen LogP contribution is 2.24. The van der Waals surface area contributed by atoms with Crippen molar-refractivity contribution in [2.45, 2.75) is 19.1 Å². The number of aromatic amines is 1. The van der Waals surface area contributed by atoms with Gasteiger partial charge in [-0.25, -0.2) is 14.4 Å². The molecule has 0 bridgehead atoms. The topological polar surface area (TPSA) is 122 Å². The second-order valence-electron chi connectivity index (χ2n) is 5.76. The van der Waals surface area contributed by atoms with Crippen LogP contribution in [0.5, 0.6) is 0 Å². The Kier molecular flexibility index (Phi) is 5.60. The Labute approximate surface area is 161 Å². The van der Waals surface area contributed by atoms with Crippen molar-refractivity contribution in [2.75, 3.05) is 0 Å².